The van der Waals surface area contributed by atoms with E-state index >= 15 is 0 Å². The van der Waals surface area contributed by atoms with E-state index in [9.17, 15) is 0 Å². The van der Waals surface area contributed by atoms with Crippen molar-refractivity contribution >= 4 is 27.5 Å². The topological polar surface area (TPSA) is 15.3 Å². The van der Waals surface area contributed by atoms with Crippen LogP contribution in [0.4, 0.5) is 0 Å². The zero-order valence-corrected chi connectivity index (χ0v) is 14.5. The van der Waals surface area contributed by atoms with Crippen LogP contribution in [-0.2, 0) is 6.54 Å². The molecule has 0 radical (unpaired) electrons. The maximum absolute atomic E-state index is 6.33. The Balaban J connectivity index is 1.98. The van der Waals surface area contributed by atoms with Crippen LogP contribution < -0.4 is 5.32 Å². The zero-order valence-electron chi connectivity index (χ0n) is 12.2. The van der Waals surface area contributed by atoms with Crippen LogP contribution in [0.1, 0.15) is 31.7 Å². The Morgan fingerprint density at radius 2 is 2.10 bits per heavy atom. The zero-order chi connectivity index (χ0) is 14.4. The molecule has 0 aliphatic carbocycles. The van der Waals surface area contributed by atoms with Crippen molar-refractivity contribution in [2.75, 3.05) is 26.2 Å². The first kappa shape index (κ1) is 16.3. The third kappa shape index (κ3) is 5.03. The highest BCUT2D eigenvalue weighted by atomic mass is 79.9. The van der Waals surface area contributed by atoms with E-state index in [1.54, 1.807) is 0 Å². The first-order chi connectivity index (χ1) is 9.69. The quantitative estimate of drug-likeness (QED) is 0.814. The third-order valence-corrected chi connectivity index (χ3v) is 4.78. The summed E-state index contributed by atoms with van der Waals surface area (Å²) < 4.78 is 1.11. The maximum Gasteiger partial charge on any atom is 0.0451 e. The summed E-state index contributed by atoms with van der Waals surface area (Å²) in [6.45, 7) is 7.88. The second kappa shape index (κ2) is 8.38. The van der Waals surface area contributed by atoms with Gasteiger partial charge in [0.1, 0.15) is 0 Å². The van der Waals surface area contributed by atoms with Gasteiger partial charge in [0.15, 0.2) is 0 Å². The van der Waals surface area contributed by atoms with E-state index in [4.69, 9.17) is 11.6 Å². The van der Waals surface area contributed by atoms with Crippen molar-refractivity contribution in [2.45, 2.75) is 32.7 Å². The van der Waals surface area contributed by atoms with Gasteiger partial charge in [-0.2, -0.15) is 0 Å². The van der Waals surface area contributed by atoms with Gasteiger partial charge in [0.05, 0.1) is 0 Å². The summed E-state index contributed by atoms with van der Waals surface area (Å²) in [6, 6.07) is 6.13. The van der Waals surface area contributed by atoms with Crippen LogP contribution in [-0.4, -0.2) is 31.1 Å². The van der Waals surface area contributed by atoms with Gasteiger partial charge in [-0.05, 0) is 68.6 Å². The van der Waals surface area contributed by atoms with E-state index in [1.807, 2.05) is 12.1 Å². The Hall–Kier alpha value is -0.0900. The van der Waals surface area contributed by atoms with Gasteiger partial charge in [0.2, 0.25) is 0 Å². The number of rotatable bonds is 6. The van der Waals surface area contributed by atoms with E-state index < -0.39 is 0 Å². The lowest BCUT2D eigenvalue weighted by atomic mass is 9.97. The van der Waals surface area contributed by atoms with Crippen LogP contribution in [0, 0.1) is 5.92 Å². The molecule has 0 bridgehead atoms. The van der Waals surface area contributed by atoms with E-state index in [1.165, 1.54) is 44.5 Å². The fraction of sp³-hybridized carbons (Fsp3) is 0.625. The molecule has 1 fully saturated rings. The molecule has 1 aromatic carbocycles. The van der Waals surface area contributed by atoms with Crippen LogP contribution in [0.2, 0.25) is 5.02 Å². The van der Waals surface area contributed by atoms with E-state index in [-0.39, 0.29) is 0 Å². The molecule has 1 aliphatic rings. The average molecular weight is 360 g/mol. The summed E-state index contributed by atoms with van der Waals surface area (Å²) in [5.41, 5.74) is 1.23. The molecule has 0 unspecified atom stereocenters. The van der Waals surface area contributed by atoms with Crippen molar-refractivity contribution in [1.82, 2.24) is 10.2 Å². The molecule has 4 heteroatoms. The molecule has 1 aliphatic heterocycles. The summed E-state index contributed by atoms with van der Waals surface area (Å²) in [5.74, 6) is 0.828. The van der Waals surface area contributed by atoms with Crippen molar-refractivity contribution < 1.29 is 0 Å². The molecule has 112 valence electrons. The van der Waals surface area contributed by atoms with Crippen LogP contribution in [0.3, 0.4) is 0 Å². The fourth-order valence-electron chi connectivity index (χ4n) is 2.89. The molecule has 0 atom stereocenters. The molecule has 0 amide bonds. The van der Waals surface area contributed by atoms with Crippen LogP contribution >= 0.6 is 27.5 Å². The molecule has 20 heavy (non-hydrogen) atoms. The number of nitrogens with zero attached hydrogens (tertiary/aromatic N) is 1. The monoisotopic (exact) mass is 358 g/mol. The highest BCUT2D eigenvalue weighted by Gasteiger charge is 2.17. The van der Waals surface area contributed by atoms with Crippen LogP contribution in [0.25, 0.3) is 0 Å². The lowest BCUT2D eigenvalue weighted by Gasteiger charge is -2.30. The summed E-state index contributed by atoms with van der Waals surface area (Å²) >= 11 is 9.86. The standard InChI is InChI=1S/C16H24BrClN2/c1-2-9-20(11-13-5-7-19-8-6-13)12-14-10-15(17)3-4-16(14)18/h3-4,10,13,19H,2,5-9,11-12H2,1H3. The van der Waals surface area contributed by atoms with Gasteiger partial charge in [0, 0.05) is 22.6 Å². The molecule has 0 saturated carbocycles. The predicted molar refractivity (Wildman–Crippen MR) is 90.3 cm³/mol. The molecular weight excluding hydrogens is 336 g/mol. The van der Waals surface area contributed by atoms with Crippen LogP contribution in [0.5, 0.6) is 0 Å². The number of hydrogen-bond donors (Lipinski definition) is 1. The third-order valence-electron chi connectivity index (χ3n) is 3.92. The number of nitrogens with one attached hydrogen (secondary N) is 1. The highest BCUT2D eigenvalue weighted by Crippen LogP contribution is 2.23. The largest absolute Gasteiger partial charge is 0.317 e. The number of benzene rings is 1. The van der Waals surface area contributed by atoms with Gasteiger partial charge >= 0.3 is 0 Å². The van der Waals surface area contributed by atoms with Gasteiger partial charge in [-0.15, -0.1) is 0 Å². The van der Waals surface area contributed by atoms with E-state index in [0.29, 0.717) is 0 Å². The Kier molecular flexibility index (Phi) is 6.82. The highest BCUT2D eigenvalue weighted by molar-refractivity contribution is 9.10. The minimum Gasteiger partial charge on any atom is -0.317 e. The summed E-state index contributed by atoms with van der Waals surface area (Å²) in [5, 5.41) is 4.32. The van der Waals surface area contributed by atoms with Crippen LogP contribution in [0.15, 0.2) is 22.7 Å². The van der Waals surface area contributed by atoms with Crippen molar-refractivity contribution in [3.05, 3.63) is 33.3 Å². The molecule has 0 spiro atoms. The average Bonchev–Trinajstić information content (AvgIpc) is 2.44. The number of hydrogen-bond acceptors (Lipinski definition) is 2. The number of piperidine rings is 1. The first-order valence-electron chi connectivity index (χ1n) is 7.56. The smallest absolute Gasteiger partial charge is 0.0451 e. The van der Waals surface area contributed by atoms with Gasteiger partial charge in [0.25, 0.3) is 0 Å². The van der Waals surface area contributed by atoms with Gasteiger partial charge in [-0.25, -0.2) is 0 Å². The molecule has 1 saturated heterocycles. The maximum atomic E-state index is 6.33. The van der Waals surface area contributed by atoms with Gasteiger partial charge in [-0.3, -0.25) is 4.90 Å². The molecule has 0 aromatic heterocycles. The van der Waals surface area contributed by atoms with Gasteiger partial charge in [-0.1, -0.05) is 34.5 Å². The minimum absolute atomic E-state index is 0.828. The second-order valence-electron chi connectivity index (χ2n) is 5.66. The summed E-state index contributed by atoms with van der Waals surface area (Å²) in [4.78, 5) is 2.56. The van der Waals surface area contributed by atoms with Gasteiger partial charge < -0.3 is 5.32 Å². The molecule has 1 aromatic rings. The first-order valence-corrected chi connectivity index (χ1v) is 8.73. The predicted octanol–water partition coefficient (Wildman–Crippen LogP) is 4.31. The summed E-state index contributed by atoms with van der Waals surface area (Å²) in [6.07, 6.45) is 3.79. The van der Waals surface area contributed by atoms with E-state index in [2.05, 4.69) is 39.1 Å². The molecule has 1 heterocycles. The Labute approximate surface area is 136 Å². The molecule has 2 rings (SSSR count). The van der Waals surface area contributed by atoms with Crippen molar-refractivity contribution in [3.63, 3.8) is 0 Å². The van der Waals surface area contributed by atoms with E-state index in [0.717, 1.165) is 28.5 Å². The summed E-state index contributed by atoms with van der Waals surface area (Å²) in [7, 11) is 0. The second-order valence-corrected chi connectivity index (χ2v) is 6.99. The molecule has 1 N–H and O–H groups in total. The Morgan fingerprint density at radius 3 is 2.80 bits per heavy atom. The number of halogens is 2. The normalized spacial score (nSPS) is 16.8. The molecular formula is C16H24BrClN2. The SMILES string of the molecule is CCCN(Cc1cc(Br)ccc1Cl)CC1CCNCC1. The Bertz CT molecular complexity index is 419. The molecule has 2 nitrogen and oxygen atoms in total. The lowest BCUT2D eigenvalue weighted by Crippen LogP contribution is -2.36. The minimum atomic E-state index is 0.828. The van der Waals surface area contributed by atoms with Crippen molar-refractivity contribution in [1.29, 1.82) is 0 Å². The lowest BCUT2D eigenvalue weighted by molar-refractivity contribution is 0.199. The Morgan fingerprint density at radius 1 is 1.35 bits per heavy atom. The fourth-order valence-corrected chi connectivity index (χ4v) is 3.47. The van der Waals surface area contributed by atoms with Crippen molar-refractivity contribution in [3.8, 4) is 0 Å². The van der Waals surface area contributed by atoms with Crippen molar-refractivity contribution in [2.24, 2.45) is 5.92 Å².